The molecule has 0 spiro atoms. The van der Waals surface area contributed by atoms with Gasteiger partial charge < -0.3 is 14.8 Å². The number of hydrogen-bond acceptors (Lipinski definition) is 4. The molecule has 0 aliphatic rings. The first kappa shape index (κ1) is 11.5. The maximum absolute atomic E-state index is 9.95. The molecular weight excluding hydrogens is 242 g/mol. The Labute approximate surface area is 109 Å². The van der Waals surface area contributed by atoms with Crippen LogP contribution >= 0.6 is 0 Å². The van der Waals surface area contributed by atoms with E-state index in [0.29, 0.717) is 17.9 Å². The maximum Gasteiger partial charge on any atom is 0.160 e. The minimum atomic E-state index is 0.0859. The molecule has 0 saturated heterocycles. The van der Waals surface area contributed by atoms with Crippen molar-refractivity contribution in [2.75, 3.05) is 0 Å². The predicted octanol–water partition coefficient (Wildman–Crippen LogP) is 2.53. The molecule has 1 aromatic carbocycles. The van der Waals surface area contributed by atoms with Crippen LogP contribution in [0.25, 0.3) is 22.6 Å². The molecule has 2 heterocycles. The molecule has 3 aromatic rings. The lowest BCUT2D eigenvalue weighted by Crippen LogP contribution is -1.98. The first-order chi connectivity index (χ1) is 9.20. The largest absolute Gasteiger partial charge is 0.508 e. The molecule has 5 heteroatoms. The highest BCUT2D eigenvalue weighted by Crippen LogP contribution is 2.33. The van der Waals surface area contributed by atoms with Gasteiger partial charge in [-0.1, -0.05) is 0 Å². The van der Waals surface area contributed by atoms with Gasteiger partial charge in [0, 0.05) is 12.7 Å². The summed E-state index contributed by atoms with van der Waals surface area (Å²) in [5.41, 5.74) is 2.03. The lowest BCUT2D eigenvalue weighted by Gasteiger charge is -2.07. The first-order valence-electron chi connectivity index (χ1n) is 6.04. The van der Waals surface area contributed by atoms with E-state index in [4.69, 9.17) is 0 Å². The van der Waals surface area contributed by atoms with Crippen LogP contribution in [0.1, 0.15) is 6.92 Å². The molecule has 0 bridgehead atoms. The van der Waals surface area contributed by atoms with Gasteiger partial charge in [0.1, 0.15) is 22.8 Å². The van der Waals surface area contributed by atoms with E-state index in [1.165, 1.54) is 18.2 Å². The topological polar surface area (TPSA) is 71.2 Å². The van der Waals surface area contributed by atoms with Crippen molar-refractivity contribution < 1.29 is 10.2 Å². The second-order valence-corrected chi connectivity index (χ2v) is 4.23. The molecule has 0 saturated carbocycles. The van der Waals surface area contributed by atoms with E-state index < -0.39 is 0 Å². The Bertz CT molecular complexity index is 750. The van der Waals surface area contributed by atoms with Gasteiger partial charge in [0.2, 0.25) is 0 Å². The predicted molar refractivity (Wildman–Crippen MR) is 72.0 cm³/mol. The molecule has 2 aromatic heterocycles. The number of phenolic OH excluding ortho intramolecular Hbond substituents is 2. The minimum Gasteiger partial charge on any atom is -0.508 e. The molecule has 0 atom stereocenters. The number of fused-ring (bicyclic) bond motifs is 1. The highest BCUT2D eigenvalue weighted by atomic mass is 16.3. The molecule has 2 N–H and O–H groups in total. The second kappa shape index (κ2) is 4.28. The van der Waals surface area contributed by atoms with Gasteiger partial charge in [-0.3, -0.25) is 0 Å². The first-order valence-corrected chi connectivity index (χ1v) is 6.04. The standard InChI is InChI=1S/C14H13N3O2/c1-2-17-13(10-8-9(18)5-6-12(10)19)16-11-4-3-7-15-14(11)17/h3-8,18-19H,2H2,1H3. The number of aromatic nitrogens is 3. The van der Waals surface area contributed by atoms with Crippen LogP contribution in [0.5, 0.6) is 11.5 Å². The third-order valence-corrected chi connectivity index (χ3v) is 3.04. The maximum atomic E-state index is 9.95. The number of imidazole rings is 1. The molecule has 0 fully saturated rings. The van der Waals surface area contributed by atoms with E-state index in [1.54, 1.807) is 6.20 Å². The van der Waals surface area contributed by atoms with Crippen molar-refractivity contribution >= 4 is 11.2 Å². The zero-order chi connectivity index (χ0) is 13.4. The summed E-state index contributed by atoms with van der Waals surface area (Å²) in [6.07, 6.45) is 1.71. The number of pyridine rings is 1. The number of aromatic hydroxyl groups is 2. The Morgan fingerprint density at radius 2 is 2.05 bits per heavy atom. The van der Waals surface area contributed by atoms with Gasteiger partial charge in [-0.25, -0.2) is 9.97 Å². The van der Waals surface area contributed by atoms with Crippen LogP contribution in [0.3, 0.4) is 0 Å². The molecule has 0 aliphatic heterocycles. The summed E-state index contributed by atoms with van der Waals surface area (Å²) in [7, 11) is 0. The summed E-state index contributed by atoms with van der Waals surface area (Å²) in [6, 6.07) is 8.09. The van der Waals surface area contributed by atoms with Crippen LogP contribution in [0, 0.1) is 0 Å². The lowest BCUT2D eigenvalue weighted by atomic mass is 10.2. The van der Waals surface area contributed by atoms with E-state index in [-0.39, 0.29) is 11.5 Å². The fraction of sp³-hybridized carbons (Fsp3) is 0.143. The molecule has 0 aliphatic carbocycles. The Balaban J connectivity index is 2.33. The van der Waals surface area contributed by atoms with Gasteiger partial charge in [0.25, 0.3) is 0 Å². The van der Waals surface area contributed by atoms with Gasteiger partial charge in [0.05, 0.1) is 5.56 Å². The Morgan fingerprint density at radius 3 is 2.84 bits per heavy atom. The van der Waals surface area contributed by atoms with Gasteiger partial charge in [-0.2, -0.15) is 0 Å². The average Bonchev–Trinajstić information content (AvgIpc) is 2.79. The molecule has 3 rings (SSSR count). The van der Waals surface area contributed by atoms with Crippen molar-refractivity contribution in [3.63, 3.8) is 0 Å². The molecular formula is C14H13N3O2. The lowest BCUT2D eigenvalue weighted by molar-refractivity contribution is 0.461. The van der Waals surface area contributed by atoms with Crippen LogP contribution in [0.15, 0.2) is 36.5 Å². The third-order valence-electron chi connectivity index (χ3n) is 3.04. The van der Waals surface area contributed by atoms with E-state index in [1.807, 2.05) is 23.6 Å². The molecule has 19 heavy (non-hydrogen) atoms. The van der Waals surface area contributed by atoms with Crippen LogP contribution in [0.4, 0.5) is 0 Å². The summed E-state index contributed by atoms with van der Waals surface area (Å²) in [4.78, 5) is 8.79. The third kappa shape index (κ3) is 1.79. The van der Waals surface area contributed by atoms with Gasteiger partial charge >= 0.3 is 0 Å². The number of benzene rings is 1. The van der Waals surface area contributed by atoms with Crippen LogP contribution in [0.2, 0.25) is 0 Å². The molecule has 0 amide bonds. The van der Waals surface area contributed by atoms with Crippen molar-refractivity contribution in [1.82, 2.24) is 14.5 Å². The monoisotopic (exact) mass is 255 g/mol. The zero-order valence-electron chi connectivity index (χ0n) is 10.4. The van der Waals surface area contributed by atoms with Crippen molar-refractivity contribution in [3.8, 4) is 22.9 Å². The highest BCUT2D eigenvalue weighted by molar-refractivity contribution is 5.79. The quantitative estimate of drug-likeness (QED) is 0.690. The van der Waals surface area contributed by atoms with E-state index >= 15 is 0 Å². The molecule has 0 radical (unpaired) electrons. The summed E-state index contributed by atoms with van der Waals surface area (Å²) in [5.74, 6) is 0.780. The smallest absolute Gasteiger partial charge is 0.160 e. The van der Waals surface area contributed by atoms with Gasteiger partial charge in [0.15, 0.2) is 5.65 Å². The molecule has 0 unspecified atom stereocenters. The Morgan fingerprint density at radius 1 is 1.21 bits per heavy atom. The highest BCUT2D eigenvalue weighted by Gasteiger charge is 2.15. The van der Waals surface area contributed by atoms with Crippen LogP contribution in [-0.4, -0.2) is 24.7 Å². The van der Waals surface area contributed by atoms with E-state index in [9.17, 15) is 10.2 Å². The number of hydrogen-bond donors (Lipinski definition) is 2. The fourth-order valence-electron chi connectivity index (χ4n) is 2.17. The number of phenols is 2. The van der Waals surface area contributed by atoms with Crippen LogP contribution in [-0.2, 0) is 6.54 Å². The van der Waals surface area contributed by atoms with Crippen molar-refractivity contribution in [1.29, 1.82) is 0 Å². The zero-order valence-corrected chi connectivity index (χ0v) is 10.4. The van der Waals surface area contributed by atoms with Crippen molar-refractivity contribution in [3.05, 3.63) is 36.5 Å². The van der Waals surface area contributed by atoms with Crippen molar-refractivity contribution in [2.45, 2.75) is 13.5 Å². The van der Waals surface area contributed by atoms with Gasteiger partial charge in [-0.15, -0.1) is 0 Å². The molecule has 5 nitrogen and oxygen atoms in total. The van der Waals surface area contributed by atoms with E-state index in [0.717, 1.165) is 11.2 Å². The average molecular weight is 255 g/mol. The molecule has 96 valence electrons. The van der Waals surface area contributed by atoms with Crippen LogP contribution < -0.4 is 0 Å². The fourth-order valence-corrected chi connectivity index (χ4v) is 2.17. The van der Waals surface area contributed by atoms with E-state index in [2.05, 4.69) is 9.97 Å². The van der Waals surface area contributed by atoms with Gasteiger partial charge in [-0.05, 0) is 37.3 Å². The summed E-state index contributed by atoms with van der Waals surface area (Å²) >= 11 is 0. The SMILES string of the molecule is CCn1c(-c2cc(O)ccc2O)nc2cccnc21. The Hall–Kier alpha value is -2.56. The second-order valence-electron chi connectivity index (χ2n) is 4.23. The normalized spacial score (nSPS) is 11.0. The summed E-state index contributed by atoms with van der Waals surface area (Å²) in [6.45, 7) is 2.66. The van der Waals surface area contributed by atoms with Crippen molar-refractivity contribution in [2.24, 2.45) is 0 Å². The number of rotatable bonds is 2. The number of nitrogens with zero attached hydrogens (tertiary/aromatic N) is 3. The Kier molecular flexibility index (Phi) is 2.59. The summed E-state index contributed by atoms with van der Waals surface area (Å²) < 4.78 is 1.91. The summed E-state index contributed by atoms with van der Waals surface area (Å²) in [5, 5.41) is 19.5. The minimum absolute atomic E-state index is 0.0859. The number of aryl methyl sites for hydroxylation is 1.